The molecule has 0 radical (unpaired) electrons. The van der Waals surface area contributed by atoms with Crippen molar-refractivity contribution in [3.8, 4) is 11.5 Å². The fraction of sp³-hybridized carbons (Fsp3) is 0.217. The van der Waals surface area contributed by atoms with Crippen molar-refractivity contribution in [1.29, 1.82) is 0 Å². The Morgan fingerprint density at radius 3 is 2.55 bits per heavy atom. The molecule has 1 N–H and O–H groups in total. The first-order valence-electron chi connectivity index (χ1n) is 9.48. The monoisotopic (exact) mass is 564 g/mol. The molecule has 2 aromatic rings. The Labute approximate surface area is 199 Å². The maximum Gasteiger partial charge on any atom is 0.214 e. The van der Waals surface area contributed by atoms with Crippen molar-refractivity contribution in [3.05, 3.63) is 72.8 Å². The molecule has 2 aliphatic heterocycles. The van der Waals surface area contributed by atoms with Gasteiger partial charge in [0.05, 0.1) is 0 Å². The first-order chi connectivity index (χ1) is 14.6. The number of aliphatic hydroxyl groups is 1. The summed E-state index contributed by atoms with van der Waals surface area (Å²) in [7, 11) is 0. The first kappa shape index (κ1) is 20.9. The van der Waals surface area contributed by atoms with E-state index in [0.717, 1.165) is 20.1 Å². The number of ketones is 2. The zero-order chi connectivity index (χ0) is 22.1. The molecule has 0 unspecified atom stereocenters. The van der Waals surface area contributed by atoms with Gasteiger partial charge in [0.2, 0.25) is 5.78 Å². The van der Waals surface area contributed by atoms with E-state index in [2.05, 4.69) is 31.9 Å². The lowest BCUT2D eigenvalue weighted by molar-refractivity contribution is -0.160. The Kier molecular flexibility index (Phi) is 4.75. The molecule has 31 heavy (non-hydrogen) atoms. The SMILES string of the molecule is CC(=O)C[C@]1(O)C(=O)C(Cl)=C2Oc3ccc(Br)cc3C=C2[C@@]12Cc1cc(Br)ccc1O2. The number of hydrogen-bond donors (Lipinski definition) is 1. The molecule has 0 fully saturated rings. The van der Waals surface area contributed by atoms with E-state index in [0.29, 0.717) is 17.1 Å². The van der Waals surface area contributed by atoms with Gasteiger partial charge in [0, 0.05) is 32.9 Å². The largest absolute Gasteiger partial charge is 0.478 e. The van der Waals surface area contributed by atoms with E-state index in [1.54, 1.807) is 18.2 Å². The lowest BCUT2D eigenvalue weighted by atomic mass is 9.65. The van der Waals surface area contributed by atoms with Crippen LogP contribution in [0.5, 0.6) is 11.5 Å². The summed E-state index contributed by atoms with van der Waals surface area (Å²) >= 11 is 13.3. The smallest absolute Gasteiger partial charge is 0.214 e. The molecule has 2 aromatic carbocycles. The number of carbonyl (C=O) groups excluding carboxylic acids is 2. The fourth-order valence-corrected chi connectivity index (χ4v) is 5.59. The van der Waals surface area contributed by atoms with Gasteiger partial charge in [-0.1, -0.05) is 43.5 Å². The molecule has 8 heteroatoms. The summed E-state index contributed by atoms with van der Waals surface area (Å²) in [6.45, 7) is 1.32. The Hall–Kier alpha value is -1.93. The van der Waals surface area contributed by atoms with Crippen molar-refractivity contribution in [2.75, 3.05) is 0 Å². The van der Waals surface area contributed by atoms with Crippen LogP contribution >= 0.6 is 43.5 Å². The third-order valence-corrected chi connectivity index (χ3v) is 7.19. The molecular formula is C23H15Br2ClO5. The van der Waals surface area contributed by atoms with E-state index < -0.39 is 23.4 Å². The Morgan fingerprint density at radius 2 is 1.84 bits per heavy atom. The molecule has 0 aromatic heterocycles. The zero-order valence-corrected chi connectivity index (χ0v) is 20.1. The molecule has 1 aliphatic carbocycles. The third-order valence-electron chi connectivity index (χ3n) is 5.86. The molecule has 2 heterocycles. The molecule has 5 nitrogen and oxygen atoms in total. The molecule has 5 rings (SSSR count). The molecule has 158 valence electrons. The number of benzene rings is 2. The summed E-state index contributed by atoms with van der Waals surface area (Å²) in [5.74, 6) is 0.0458. The van der Waals surface area contributed by atoms with Crippen molar-refractivity contribution in [3.63, 3.8) is 0 Å². The van der Waals surface area contributed by atoms with Crippen LogP contribution < -0.4 is 9.47 Å². The third kappa shape index (κ3) is 2.98. The fourth-order valence-electron chi connectivity index (χ4n) is 4.51. The van der Waals surface area contributed by atoms with Crippen molar-refractivity contribution in [2.45, 2.75) is 31.0 Å². The van der Waals surface area contributed by atoms with Gasteiger partial charge in [-0.15, -0.1) is 0 Å². The summed E-state index contributed by atoms with van der Waals surface area (Å²) in [4.78, 5) is 25.5. The number of halogens is 3. The summed E-state index contributed by atoms with van der Waals surface area (Å²) in [6, 6.07) is 10.9. The predicted octanol–water partition coefficient (Wildman–Crippen LogP) is 5.10. The maximum atomic E-state index is 13.4. The number of Topliss-reactive ketones (excluding diaryl/α,β-unsaturated/α-hetero) is 2. The van der Waals surface area contributed by atoms with E-state index in [-0.39, 0.29) is 23.0 Å². The first-order valence-corrected chi connectivity index (χ1v) is 11.4. The highest BCUT2D eigenvalue weighted by atomic mass is 79.9. The lowest BCUT2D eigenvalue weighted by Gasteiger charge is -2.48. The Morgan fingerprint density at radius 1 is 1.16 bits per heavy atom. The number of hydrogen-bond acceptors (Lipinski definition) is 5. The van der Waals surface area contributed by atoms with Gasteiger partial charge in [-0.05, 0) is 55.0 Å². The van der Waals surface area contributed by atoms with E-state index in [1.165, 1.54) is 6.92 Å². The molecule has 0 bridgehead atoms. The van der Waals surface area contributed by atoms with Crippen LogP contribution in [0, 0.1) is 0 Å². The molecule has 3 aliphatic rings. The Balaban J connectivity index is 1.80. The van der Waals surface area contributed by atoms with Gasteiger partial charge in [-0.3, -0.25) is 9.59 Å². The quantitative estimate of drug-likeness (QED) is 0.548. The minimum absolute atomic E-state index is 0.140. The van der Waals surface area contributed by atoms with Gasteiger partial charge in [0.25, 0.3) is 0 Å². The van der Waals surface area contributed by atoms with Crippen molar-refractivity contribution < 1.29 is 24.2 Å². The number of fused-ring (bicyclic) bond motifs is 4. The van der Waals surface area contributed by atoms with Crippen LogP contribution in [0.4, 0.5) is 0 Å². The van der Waals surface area contributed by atoms with Crippen LogP contribution in [0.25, 0.3) is 6.08 Å². The number of ether oxygens (including phenoxy) is 2. The highest BCUT2D eigenvalue weighted by Crippen LogP contribution is 2.56. The van der Waals surface area contributed by atoms with E-state index in [1.807, 2.05) is 24.3 Å². The highest BCUT2D eigenvalue weighted by molar-refractivity contribution is 9.10. The van der Waals surface area contributed by atoms with Gasteiger partial charge < -0.3 is 14.6 Å². The number of rotatable bonds is 2. The highest BCUT2D eigenvalue weighted by Gasteiger charge is 2.67. The standard InChI is InChI=1S/C23H15Br2ClO5/c1-11(27)9-22(29)21(28)19(26)20-16(8-12-6-14(24)2-4-17(12)30-20)23(22)10-13-7-15(25)3-5-18(13)31-23/h2-8,29H,9-10H2,1H3/t22-,23-/m0/s1. The topological polar surface area (TPSA) is 72.8 Å². The zero-order valence-electron chi connectivity index (χ0n) is 16.2. The van der Waals surface area contributed by atoms with Crippen molar-refractivity contribution >= 4 is 61.1 Å². The average Bonchev–Trinajstić information content (AvgIpc) is 3.10. The van der Waals surface area contributed by atoms with Crippen LogP contribution in [-0.2, 0) is 16.0 Å². The van der Waals surface area contributed by atoms with Gasteiger partial charge in [0.15, 0.2) is 17.0 Å². The summed E-state index contributed by atoms with van der Waals surface area (Å²) in [6.07, 6.45) is 1.54. The second-order valence-corrected chi connectivity index (χ2v) is 10.1. The van der Waals surface area contributed by atoms with Crippen LogP contribution in [-0.4, -0.2) is 27.9 Å². The average molecular weight is 567 g/mol. The molecule has 1 spiro atoms. The van der Waals surface area contributed by atoms with Gasteiger partial charge in [-0.2, -0.15) is 0 Å². The van der Waals surface area contributed by atoms with E-state index >= 15 is 0 Å². The van der Waals surface area contributed by atoms with Crippen LogP contribution in [0.3, 0.4) is 0 Å². The lowest BCUT2D eigenvalue weighted by Crippen LogP contribution is -2.66. The van der Waals surface area contributed by atoms with Crippen LogP contribution in [0.1, 0.15) is 24.5 Å². The van der Waals surface area contributed by atoms with E-state index in [9.17, 15) is 14.7 Å². The number of carbonyl (C=O) groups is 2. The Bertz CT molecular complexity index is 1250. The normalized spacial score (nSPS) is 26.0. The molecular weight excluding hydrogens is 552 g/mol. The second-order valence-electron chi connectivity index (χ2n) is 7.91. The predicted molar refractivity (Wildman–Crippen MR) is 122 cm³/mol. The second kappa shape index (κ2) is 7.04. The van der Waals surface area contributed by atoms with E-state index in [4.69, 9.17) is 21.1 Å². The molecule has 0 saturated carbocycles. The summed E-state index contributed by atoms with van der Waals surface area (Å²) < 4.78 is 14.0. The minimum Gasteiger partial charge on any atom is -0.478 e. The van der Waals surface area contributed by atoms with Crippen molar-refractivity contribution in [1.82, 2.24) is 0 Å². The van der Waals surface area contributed by atoms with Crippen LogP contribution in [0.2, 0.25) is 0 Å². The molecule has 0 amide bonds. The summed E-state index contributed by atoms with van der Waals surface area (Å²) in [5, 5.41) is 11.5. The van der Waals surface area contributed by atoms with Crippen molar-refractivity contribution in [2.24, 2.45) is 0 Å². The van der Waals surface area contributed by atoms with Gasteiger partial charge >= 0.3 is 0 Å². The van der Waals surface area contributed by atoms with Gasteiger partial charge in [0.1, 0.15) is 22.3 Å². The van der Waals surface area contributed by atoms with Crippen LogP contribution in [0.15, 0.2) is 61.7 Å². The maximum absolute atomic E-state index is 13.4. The molecule has 0 saturated heterocycles. The van der Waals surface area contributed by atoms with Gasteiger partial charge in [-0.25, -0.2) is 0 Å². The molecule has 2 atom stereocenters. The summed E-state index contributed by atoms with van der Waals surface area (Å²) in [5.41, 5.74) is -1.80. The minimum atomic E-state index is -2.19.